The van der Waals surface area contributed by atoms with Crippen LogP contribution in [-0.2, 0) is 6.54 Å². The van der Waals surface area contributed by atoms with E-state index in [0.29, 0.717) is 17.3 Å². The highest BCUT2D eigenvalue weighted by molar-refractivity contribution is 6.30. The highest BCUT2D eigenvalue weighted by Crippen LogP contribution is 2.11. The summed E-state index contributed by atoms with van der Waals surface area (Å²) in [7, 11) is 0. The van der Waals surface area contributed by atoms with E-state index in [4.69, 9.17) is 17.3 Å². The molecule has 16 heavy (non-hydrogen) atoms. The molecule has 2 aromatic rings. The van der Waals surface area contributed by atoms with E-state index in [2.05, 4.69) is 5.10 Å². The topological polar surface area (TPSA) is 63.8 Å². The standard InChI is InChI=1S/C11H12ClN3O/c1-7-10(13)11(16)15(14-7)6-8-3-2-4-9(12)5-8/h2-5,14H,6,13H2,1H3. The van der Waals surface area contributed by atoms with E-state index < -0.39 is 0 Å². The number of nitrogens with one attached hydrogen (secondary N) is 1. The van der Waals surface area contributed by atoms with E-state index >= 15 is 0 Å². The average Bonchev–Trinajstić information content (AvgIpc) is 2.47. The first-order valence-electron chi connectivity index (χ1n) is 4.87. The Morgan fingerprint density at radius 2 is 2.25 bits per heavy atom. The SMILES string of the molecule is Cc1[nH]n(Cc2cccc(Cl)c2)c(=O)c1N. The third-order valence-corrected chi connectivity index (χ3v) is 2.65. The lowest BCUT2D eigenvalue weighted by atomic mass is 10.2. The molecule has 84 valence electrons. The maximum Gasteiger partial charge on any atom is 0.290 e. The lowest BCUT2D eigenvalue weighted by Crippen LogP contribution is -2.19. The third-order valence-electron chi connectivity index (χ3n) is 2.41. The van der Waals surface area contributed by atoms with Crippen LogP contribution in [0.5, 0.6) is 0 Å². The molecule has 0 bridgehead atoms. The van der Waals surface area contributed by atoms with Crippen LogP contribution >= 0.6 is 11.6 Å². The van der Waals surface area contributed by atoms with Crippen molar-refractivity contribution in [3.05, 3.63) is 50.9 Å². The zero-order chi connectivity index (χ0) is 11.7. The van der Waals surface area contributed by atoms with Crippen LogP contribution in [0.2, 0.25) is 5.02 Å². The van der Waals surface area contributed by atoms with Crippen molar-refractivity contribution < 1.29 is 0 Å². The Bertz CT molecular complexity index is 571. The van der Waals surface area contributed by atoms with Gasteiger partial charge >= 0.3 is 0 Å². The lowest BCUT2D eigenvalue weighted by molar-refractivity contribution is 0.658. The number of halogens is 1. The Kier molecular flexibility index (Phi) is 2.75. The number of nitrogens with two attached hydrogens (primary N) is 1. The third kappa shape index (κ3) is 1.97. The summed E-state index contributed by atoms with van der Waals surface area (Å²) in [5, 5.41) is 3.57. The van der Waals surface area contributed by atoms with Gasteiger partial charge in [0.25, 0.3) is 5.56 Å². The normalized spacial score (nSPS) is 10.6. The summed E-state index contributed by atoms with van der Waals surface area (Å²) in [6.07, 6.45) is 0. The highest BCUT2D eigenvalue weighted by Gasteiger charge is 2.07. The molecule has 0 saturated heterocycles. The minimum Gasteiger partial charge on any atom is -0.393 e. The zero-order valence-corrected chi connectivity index (χ0v) is 9.58. The summed E-state index contributed by atoms with van der Waals surface area (Å²) < 4.78 is 1.47. The summed E-state index contributed by atoms with van der Waals surface area (Å²) in [6.45, 7) is 2.21. The number of nitrogen functional groups attached to an aromatic ring is 1. The van der Waals surface area contributed by atoms with Gasteiger partial charge in [-0.1, -0.05) is 23.7 Å². The van der Waals surface area contributed by atoms with Crippen LogP contribution in [-0.4, -0.2) is 9.78 Å². The first-order chi connectivity index (χ1) is 7.58. The highest BCUT2D eigenvalue weighted by atomic mass is 35.5. The predicted molar refractivity (Wildman–Crippen MR) is 64.8 cm³/mol. The van der Waals surface area contributed by atoms with Crippen LogP contribution in [0.25, 0.3) is 0 Å². The molecular formula is C11H12ClN3O. The number of anilines is 1. The van der Waals surface area contributed by atoms with Crippen molar-refractivity contribution in [1.29, 1.82) is 0 Å². The van der Waals surface area contributed by atoms with Crippen molar-refractivity contribution in [1.82, 2.24) is 9.78 Å². The van der Waals surface area contributed by atoms with Gasteiger partial charge in [-0.2, -0.15) is 0 Å². The minimum atomic E-state index is -0.197. The van der Waals surface area contributed by atoms with Gasteiger partial charge in [-0.25, -0.2) is 4.68 Å². The van der Waals surface area contributed by atoms with E-state index in [1.807, 2.05) is 18.2 Å². The lowest BCUT2D eigenvalue weighted by Gasteiger charge is -2.02. The molecule has 0 saturated carbocycles. The van der Waals surface area contributed by atoms with Gasteiger partial charge in [-0.05, 0) is 24.6 Å². The van der Waals surface area contributed by atoms with Crippen LogP contribution in [0.4, 0.5) is 5.69 Å². The fourth-order valence-corrected chi connectivity index (χ4v) is 1.76. The second kappa shape index (κ2) is 4.06. The van der Waals surface area contributed by atoms with Gasteiger partial charge in [0.15, 0.2) is 0 Å². The van der Waals surface area contributed by atoms with E-state index in [1.165, 1.54) is 4.68 Å². The van der Waals surface area contributed by atoms with E-state index in [1.54, 1.807) is 13.0 Å². The van der Waals surface area contributed by atoms with E-state index in [9.17, 15) is 4.79 Å². The first kappa shape index (κ1) is 10.8. The van der Waals surface area contributed by atoms with Crippen molar-refractivity contribution in [2.45, 2.75) is 13.5 Å². The molecular weight excluding hydrogens is 226 g/mol. The molecule has 2 rings (SSSR count). The number of hydrogen-bond donors (Lipinski definition) is 2. The van der Waals surface area contributed by atoms with Gasteiger partial charge in [0.1, 0.15) is 5.69 Å². The number of nitrogens with zero attached hydrogens (tertiary/aromatic N) is 1. The molecule has 3 N–H and O–H groups in total. The zero-order valence-electron chi connectivity index (χ0n) is 8.83. The molecule has 0 aliphatic carbocycles. The van der Waals surface area contributed by atoms with Gasteiger partial charge in [-0.15, -0.1) is 0 Å². The fourth-order valence-electron chi connectivity index (χ4n) is 1.55. The molecule has 0 fully saturated rings. The number of aromatic amines is 1. The summed E-state index contributed by atoms with van der Waals surface area (Å²) in [5.74, 6) is 0. The van der Waals surface area contributed by atoms with Gasteiger partial charge in [0, 0.05) is 5.02 Å². The Hall–Kier alpha value is -1.68. The minimum absolute atomic E-state index is 0.197. The summed E-state index contributed by atoms with van der Waals surface area (Å²) in [4.78, 5) is 11.7. The summed E-state index contributed by atoms with van der Waals surface area (Å²) in [5.41, 5.74) is 7.31. The summed E-state index contributed by atoms with van der Waals surface area (Å²) in [6, 6.07) is 7.37. The molecule has 0 radical (unpaired) electrons. The van der Waals surface area contributed by atoms with Crippen molar-refractivity contribution >= 4 is 17.3 Å². The van der Waals surface area contributed by atoms with Crippen LogP contribution in [0.3, 0.4) is 0 Å². The number of H-pyrrole nitrogens is 1. The van der Waals surface area contributed by atoms with Crippen LogP contribution in [0.15, 0.2) is 29.1 Å². The Labute approximate surface area is 97.6 Å². The van der Waals surface area contributed by atoms with Crippen molar-refractivity contribution in [2.75, 3.05) is 5.73 Å². The average molecular weight is 238 g/mol. The second-order valence-electron chi connectivity index (χ2n) is 3.67. The Morgan fingerprint density at radius 3 is 2.81 bits per heavy atom. The monoisotopic (exact) mass is 237 g/mol. The number of rotatable bonds is 2. The van der Waals surface area contributed by atoms with Crippen LogP contribution < -0.4 is 11.3 Å². The Morgan fingerprint density at radius 1 is 1.50 bits per heavy atom. The molecule has 5 heteroatoms. The van der Waals surface area contributed by atoms with Crippen molar-refractivity contribution in [2.24, 2.45) is 0 Å². The second-order valence-corrected chi connectivity index (χ2v) is 4.11. The number of hydrogen-bond acceptors (Lipinski definition) is 2. The largest absolute Gasteiger partial charge is 0.393 e. The van der Waals surface area contributed by atoms with Crippen molar-refractivity contribution in [3.63, 3.8) is 0 Å². The van der Waals surface area contributed by atoms with Crippen molar-refractivity contribution in [3.8, 4) is 0 Å². The molecule has 0 atom stereocenters. The molecule has 0 aliphatic rings. The molecule has 0 spiro atoms. The predicted octanol–water partition coefficient (Wildman–Crippen LogP) is 1.77. The maximum atomic E-state index is 11.7. The van der Waals surface area contributed by atoms with Crippen LogP contribution in [0.1, 0.15) is 11.3 Å². The number of aromatic nitrogens is 2. The molecule has 1 heterocycles. The van der Waals surface area contributed by atoms with Gasteiger partial charge in [0.2, 0.25) is 0 Å². The molecule has 4 nitrogen and oxygen atoms in total. The van der Waals surface area contributed by atoms with Gasteiger partial charge in [-0.3, -0.25) is 9.89 Å². The maximum absolute atomic E-state index is 11.7. The summed E-state index contributed by atoms with van der Waals surface area (Å²) >= 11 is 5.87. The Balaban J connectivity index is 2.34. The molecule has 1 aromatic carbocycles. The molecule has 0 unspecified atom stereocenters. The van der Waals surface area contributed by atoms with E-state index in [0.717, 1.165) is 5.56 Å². The smallest absolute Gasteiger partial charge is 0.290 e. The van der Waals surface area contributed by atoms with Gasteiger partial charge in [0.05, 0.1) is 12.2 Å². The molecule has 0 amide bonds. The first-order valence-corrected chi connectivity index (χ1v) is 5.25. The quantitative estimate of drug-likeness (QED) is 0.836. The molecule has 0 aliphatic heterocycles. The number of aryl methyl sites for hydroxylation is 1. The van der Waals surface area contributed by atoms with Gasteiger partial charge < -0.3 is 5.73 Å². The number of benzene rings is 1. The van der Waals surface area contributed by atoms with Crippen LogP contribution in [0, 0.1) is 6.92 Å². The molecule has 1 aromatic heterocycles. The van der Waals surface area contributed by atoms with E-state index in [-0.39, 0.29) is 11.2 Å². The fraction of sp³-hybridized carbons (Fsp3) is 0.182.